The molecule has 0 saturated carbocycles. The Labute approximate surface area is 73.4 Å². The lowest BCUT2D eigenvalue weighted by Crippen LogP contribution is -2.05. The molecular formula is C8H8F3NO. The van der Waals surface area contributed by atoms with Gasteiger partial charge in [0, 0.05) is 12.3 Å². The minimum atomic E-state index is -4.34. The van der Waals surface area contributed by atoms with E-state index in [2.05, 4.69) is 4.98 Å². The first-order valence-corrected chi connectivity index (χ1v) is 3.70. The summed E-state index contributed by atoms with van der Waals surface area (Å²) in [5.74, 6) is -0.00248. The van der Waals surface area contributed by atoms with Crippen LogP contribution >= 0.6 is 0 Å². The van der Waals surface area contributed by atoms with Crippen molar-refractivity contribution in [3.63, 3.8) is 0 Å². The highest BCUT2D eigenvalue weighted by Crippen LogP contribution is 2.30. The van der Waals surface area contributed by atoms with Crippen LogP contribution in [0.15, 0.2) is 18.3 Å². The van der Waals surface area contributed by atoms with Crippen molar-refractivity contribution in [2.75, 3.05) is 6.61 Å². The van der Waals surface area contributed by atoms with E-state index in [4.69, 9.17) is 4.74 Å². The van der Waals surface area contributed by atoms with Crippen molar-refractivity contribution in [3.8, 4) is 5.88 Å². The number of nitrogens with zero attached hydrogens (tertiary/aromatic N) is 1. The first-order chi connectivity index (χ1) is 6.04. The third-order valence-electron chi connectivity index (χ3n) is 1.35. The Bertz CT molecular complexity index is 285. The monoisotopic (exact) mass is 191 g/mol. The largest absolute Gasteiger partial charge is 0.478 e. The second-order valence-electron chi connectivity index (χ2n) is 2.31. The molecule has 0 saturated heterocycles. The van der Waals surface area contributed by atoms with Crippen molar-refractivity contribution in [1.82, 2.24) is 4.98 Å². The van der Waals surface area contributed by atoms with Crippen LogP contribution in [0.4, 0.5) is 13.2 Å². The summed E-state index contributed by atoms with van der Waals surface area (Å²) >= 11 is 0. The van der Waals surface area contributed by atoms with Gasteiger partial charge in [0.15, 0.2) is 0 Å². The van der Waals surface area contributed by atoms with Crippen LogP contribution in [0.1, 0.15) is 12.5 Å². The number of hydrogen-bond acceptors (Lipinski definition) is 2. The highest BCUT2D eigenvalue weighted by atomic mass is 19.4. The summed E-state index contributed by atoms with van der Waals surface area (Å²) in [6.45, 7) is 1.98. The van der Waals surface area contributed by atoms with Gasteiger partial charge < -0.3 is 4.74 Å². The predicted molar refractivity (Wildman–Crippen MR) is 40.4 cm³/mol. The second-order valence-corrected chi connectivity index (χ2v) is 2.31. The molecular weight excluding hydrogens is 183 g/mol. The number of halogens is 3. The van der Waals surface area contributed by atoms with Gasteiger partial charge in [0.2, 0.25) is 5.88 Å². The third-order valence-corrected chi connectivity index (χ3v) is 1.35. The molecule has 13 heavy (non-hydrogen) atoms. The molecule has 0 aromatic carbocycles. The van der Waals surface area contributed by atoms with Gasteiger partial charge in [-0.25, -0.2) is 4.98 Å². The maximum Gasteiger partial charge on any atom is 0.416 e. The average Bonchev–Trinajstić information content (AvgIpc) is 2.04. The molecule has 1 heterocycles. The molecule has 72 valence electrons. The fourth-order valence-corrected chi connectivity index (χ4v) is 0.813. The Kier molecular flexibility index (Phi) is 2.75. The van der Waals surface area contributed by atoms with Gasteiger partial charge in [-0.2, -0.15) is 13.2 Å². The normalized spacial score (nSPS) is 11.4. The van der Waals surface area contributed by atoms with Crippen LogP contribution < -0.4 is 4.74 Å². The van der Waals surface area contributed by atoms with Crippen LogP contribution in [0.25, 0.3) is 0 Å². The van der Waals surface area contributed by atoms with E-state index in [9.17, 15) is 13.2 Å². The number of hydrogen-bond donors (Lipinski definition) is 0. The number of pyridine rings is 1. The van der Waals surface area contributed by atoms with Crippen molar-refractivity contribution >= 4 is 0 Å². The van der Waals surface area contributed by atoms with Crippen LogP contribution in [-0.4, -0.2) is 11.6 Å². The predicted octanol–water partition coefficient (Wildman–Crippen LogP) is 2.50. The maximum atomic E-state index is 12.1. The summed E-state index contributed by atoms with van der Waals surface area (Å²) in [4.78, 5) is 3.62. The molecule has 0 radical (unpaired) electrons. The molecule has 2 nitrogen and oxygen atoms in total. The highest BCUT2D eigenvalue weighted by Gasteiger charge is 2.30. The van der Waals surface area contributed by atoms with Gasteiger partial charge >= 0.3 is 6.18 Å². The average molecular weight is 191 g/mol. The van der Waals surface area contributed by atoms with Crippen molar-refractivity contribution < 1.29 is 17.9 Å². The van der Waals surface area contributed by atoms with E-state index in [1.807, 2.05) is 0 Å². The fraction of sp³-hybridized carbons (Fsp3) is 0.375. The molecule has 0 fully saturated rings. The zero-order valence-electron chi connectivity index (χ0n) is 6.93. The zero-order valence-corrected chi connectivity index (χ0v) is 6.93. The van der Waals surface area contributed by atoms with Crippen molar-refractivity contribution in [3.05, 3.63) is 23.9 Å². The molecule has 1 aromatic rings. The maximum absolute atomic E-state index is 12.1. The molecule has 0 amide bonds. The van der Waals surface area contributed by atoms with E-state index in [1.165, 1.54) is 0 Å². The molecule has 0 bridgehead atoms. The Morgan fingerprint density at radius 2 is 2.15 bits per heavy atom. The molecule has 1 aromatic heterocycles. The summed E-state index contributed by atoms with van der Waals surface area (Å²) < 4.78 is 41.2. The van der Waals surface area contributed by atoms with Gasteiger partial charge in [-0.3, -0.25) is 0 Å². The lowest BCUT2D eigenvalue weighted by molar-refractivity contribution is -0.137. The third kappa shape index (κ3) is 2.61. The summed E-state index contributed by atoms with van der Waals surface area (Å²) in [5.41, 5.74) is -0.744. The SMILES string of the molecule is CCOc1cc(C(F)(F)F)ccn1. The Morgan fingerprint density at radius 1 is 1.46 bits per heavy atom. The van der Waals surface area contributed by atoms with E-state index in [1.54, 1.807) is 6.92 Å². The van der Waals surface area contributed by atoms with Crippen LogP contribution in [0.2, 0.25) is 0 Å². The molecule has 0 unspecified atom stereocenters. The fourth-order valence-electron chi connectivity index (χ4n) is 0.813. The molecule has 0 aliphatic rings. The molecule has 0 atom stereocenters. The minimum Gasteiger partial charge on any atom is -0.478 e. The van der Waals surface area contributed by atoms with Crippen molar-refractivity contribution in [2.24, 2.45) is 0 Å². The van der Waals surface area contributed by atoms with E-state index in [-0.39, 0.29) is 5.88 Å². The number of ether oxygens (including phenoxy) is 1. The second kappa shape index (κ2) is 3.64. The number of aromatic nitrogens is 1. The topological polar surface area (TPSA) is 22.1 Å². The molecule has 0 N–H and O–H groups in total. The van der Waals surface area contributed by atoms with Crippen LogP contribution in [0.5, 0.6) is 5.88 Å². The van der Waals surface area contributed by atoms with Gasteiger partial charge in [0.1, 0.15) is 0 Å². The van der Waals surface area contributed by atoms with E-state index in [0.29, 0.717) is 6.61 Å². The lowest BCUT2D eigenvalue weighted by atomic mass is 10.2. The van der Waals surface area contributed by atoms with Gasteiger partial charge in [-0.05, 0) is 13.0 Å². The summed E-state index contributed by atoms with van der Waals surface area (Å²) in [5, 5.41) is 0. The highest BCUT2D eigenvalue weighted by molar-refractivity contribution is 5.22. The molecule has 0 spiro atoms. The first kappa shape index (κ1) is 9.83. The Morgan fingerprint density at radius 3 is 2.69 bits per heavy atom. The zero-order chi connectivity index (χ0) is 9.90. The molecule has 0 aliphatic carbocycles. The van der Waals surface area contributed by atoms with Gasteiger partial charge in [-0.1, -0.05) is 0 Å². The Hall–Kier alpha value is -1.26. The van der Waals surface area contributed by atoms with Crippen LogP contribution in [0.3, 0.4) is 0 Å². The van der Waals surface area contributed by atoms with Crippen molar-refractivity contribution in [1.29, 1.82) is 0 Å². The Balaban J connectivity index is 2.92. The number of alkyl halides is 3. The quantitative estimate of drug-likeness (QED) is 0.716. The molecule has 5 heteroatoms. The van der Waals surface area contributed by atoms with E-state index >= 15 is 0 Å². The smallest absolute Gasteiger partial charge is 0.416 e. The summed E-state index contributed by atoms with van der Waals surface area (Å²) in [7, 11) is 0. The minimum absolute atomic E-state index is 0.00248. The van der Waals surface area contributed by atoms with E-state index in [0.717, 1.165) is 18.3 Å². The molecule has 1 rings (SSSR count). The first-order valence-electron chi connectivity index (χ1n) is 3.70. The van der Waals surface area contributed by atoms with Crippen LogP contribution in [-0.2, 0) is 6.18 Å². The van der Waals surface area contributed by atoms with Gasteiger partial charge in [-0.15, -0.1) is 0 Å². The standard InChI is InChI=1S/C8H8F3NO/c1-2-13-7-5-6(3-4-12-7)8(9,10)11/h3-5H,2H2,1H3. The van der Waals surface area contributed by atoms with Gasteiger partial charge in [0.25, 0.3) is 0 Å². The lowest BCUT2D eigenvalue weighted by Gasteiger charge is -2.07. The van der Waals surface area contributed by atoms with E-state index < -0.39 is 11.7 Å². The van der Waals surface area contributed by atoms with Crippen molar-refractivity contribution in [2.45, 2.75) is 13.1 Å². The molecule has 0 aliphatic heterocycles. The van der Waals surface area contributed by atoms with Crippen LogP contribution in [0, 0.1) is 0 Å². The summed E-state index contributed by atoms with van der Waals surface area (Å²) in [6.07, 6.45) is -3.26. The van der Waals surface area contributed by atoms with Gasteiger partial charge in [0.05, 0.1) is 12.2 Å². The summed E-state index contributed by atoms with van der Waals surface area (Å²) in [6, 6.07) is 1.78. The number of rotatable bonds is 2.